The van der Waals surface area contributed by atoms with Gasteiger partial charge < -0.3 is 23.8 Å². The Morgan fingerprint density at radius 1 is 1.03 bits per heavy atom. The van der Waals surface area contributed by atoms with Crippen LogP contribution in [0.3, 0.4) is 0 Å². The van der Waals surface area contributed by atoms with Crippen LogP contribution in [0.2, 0.25) is 5.02 Å². The second kappa shape index (κ2) is 12.8. The molecule has 0 spiro atoms. The van der Waals surface area contributed by atoms with E-state index in [4.69, 9.17) is 30.5 Å². The predicted octanol–water partition coefficient (Wildman–Crippen LogP) is 4.71. The lowest BCUT2D eigenvalue weighted by Gasteiger charge is -2.29. The summed E-state index contributed by atoms with van der Waals surface area (Å²) < 4.78 is 21.7. The molecule has 3 aromatic carbocycles. The first-order valence-corrected chi connectivity index (χ1v) is 12.4. The highest BCUT2D eigenvalue weighted by Gasteiger charge is 2.25. The average molecular weight is 539 g/mol. The Balaban J connectivity index is 1.36. The van der Waals surface area contributed by atoms with E-state index in [0.29, 0.717) is 23.7 Å². The Morgan fingerprint density at radius 3 is 2.53 bits per heavy atom. The Morgan fingerprint density at radius 2 is 1.76 bits per heavy atom. The number of ether oxygens (including phenoxy) is 4. The van der Waals surface area contributed by atoms with Crippen molar-refractivity contribution < 1.29 is 33.3 Å². The molecule has 2 amide bonds. The number of carbonyl (C=O) groups excluding carboxylic acids is 3. The lowest BCUT2D eigenvalue weighted by atomic mass is 10.2. The first kappa shape index (κ1) is 26.8. The molecular formula is C28H27ClN2O7. The molecular weight excluding hydrogens is 512 g/mol. The summed E-state index contributed by atoms with van der Waals surface area (Å²) in [5.41, 5.74) is 1.46. The monoisotopic (exact) mass is 538 g/mol. The van der Waals surface area contributed by atoms with Crippen LogP contribution in [-0.4, -0.2) is 55.8 Å². The van der Waals surface area contributed by atoms with Crippen LogP contribution in [0.1, 0.15) is 12.5 Å². The molecule has 0 radical (unpaired) electrons. The van der Waals surface area contributed by atoms with Crippen molar-refractivity contribution >= 4 is 35.3 Å². The number of hydrogen-bond acceptors (Lipinski definition) is 7. The molecule has 38 heavy (non-hydrogen) atoms. The zero-order valence-electron chi connectivity index (χ0n) is 20.8. The fourth-order valence-electron chi connectivity index (χ4n) is 3.80. The Bertz CT molecular complexity index is 1280. The van der Waals surface area contributed by atoms with Crippen molar-refractivity contribution in [2.45, 2.75) is 13.5 Å². The quantitative estimate of drug-likeness (QED) is 0.345. The molecule has 0 bridgehead atoms. The minimum absolute atomic E-state index is 0.00702. The van der Waals surface area contributed by atoms with Crippen molar-refractivity contribution in [3.05, 3.63) is 83.4 Å². The largest absolute Gasteiger partial charge is 0.492 e. The maximum absolute atomic E-state index is 12.9. The van der Waals surface area contributed by atoms with Crippen LogP contribution < -0.4 is 19.1 Å². The van der Waals surface area contributed by atoms with E-state index in [1.54, 1.807) is 60.4 Å². The van der Waals surface area contributed by atoms with Gasteiger partial charge in [-0.1, -0.05) is 48.0 Å². The molecule has 198 valence electrons. The third kappa shape index (κ3) is 6.95. The number of carbonyl (C=O) groups is 3. The third-order valence-corrected chi connectivity index (χ3v) is 5.92. The Hall–Kier alpha value is -4.24. The average Bonchev–Trinajstić information content (AvgIpc) is 2.92. The topological polar surface area (TPSA) is 94.6 Å². The van der Waals surface area contributed by atoms with E-state index in [1.807, 2.05) is 24.3 Å². The smallest absolute Gasteiger partial charge is 0.416 e. The normalized spacial score (nSPS) is 12.3. The predicted molar refractivity (Wildman–Crippen MR) is 141 cm³/mol. The van der Waals surface area contributed by atoms with E-state index in [9.17, 15) is 14.4 Å². The van der Waals surface area contributed by atoms with Crippen molar-refractivity contribution in [3.63, 3.8) is 0 Å². The zero-order valence-corrected chi connectivity index (χ0v) is 21.6. The molecule has 4 rings (SSSR count). The number of hydrogen-bond donors (Lipinski definition) is 0. The van der Waals surface area contributed by atoms with Gasteiger partial charge in [-0.25, -0.2) is 4.79 Å². The van der Waals surface area contributed by atoms with Gasteiger partial charge in [0.15, 0.2) is 12.4 Å². The van der Waals surface area contributed by atoms with Crippen LogP contribution in [0.4, 0.5) is 10.5 Å². The van der Waals surface area contributed by atoms with E-state index in [2.05, 4.69) is 0 Å². The van der Waals surface area contributed by atoms with E-state index >= 15 is 0 Å². The molecule has 0 saturated carbocycles. The number of halogens is 1. The van der Waals surface area contributed by atoms with Gasteiger partial charge >= 0.3 is 12.1 Å². The van der Waals surface area contributed by atoms with Gasteiger partial charge in [0.25, 0.3) is 5.91 Å². The number of amides is 2. The number of para-hydroxylation sites is 3. The van der Waals surface area contributed by atoms with E-state index < -0.39 is 12.1 Å². The maximum Gasteiger partial charge on any atom is 0.416 e. The van der Waals surface area contributed by atoms with Crippen molar-refractivity contribution in [2.75, 3.05) is 37.8 Å². The van der Waals surface area contributed by atoms with Gasteiger partial charge in [-0.3, -0.25) is 14.5 Å². The maximum atomic E-state index is 12.9. The fourth-order valence-corrected chi connectivity index (χ4v) is 3.97. The van der Waals surface area contributed by atoms with Crippen LogP contribution in [0.15, 0.2) is 72.8 Å². The minimum atomic E-state index is -0.734. The van der Waals surface area contributed by atoms with Gasteiger partial charge in [0.05, 0.1) is 23.9 Å². The summed E-state index contributed by atoms with van der Waals surface area (Å²) >= 11 is 6.10. The van der Waals surface area contributed by atoms with Gasteiger partial charge in [0.2, 0.25) is 0 Å². The molecule has 1 aliphatic heterocycles. The zero-order chi connectivity index (χ0) is 26.9. The summed E-state index contributed by atoms with van der Waals surface area (Å²) in [5.74, 6) is 0.768. The lowest BCUT2D eigenvalue weighted by Crippen LogP contribution is -2.41. The Kier molecular flexibility index (Phi) is 9.05. The van der Waals surface area contributed by atoms with Gasteiger partial charge in [0, 0.05) is 6.54 Å². The molecule has 1 heterocycles. The highest BCUT2D eigenvalue weighted by atomic mass is 35.5. The van der Waals surface area contributed by atoms with Crippen molar-refractivity contribution in [1.82, 2.24) is 4.90 Å². The van der Waals surface area contributed by atoms with Crippen molar-refractivity contribution in [3.8, 4) is 17.2 Å². The highest BCUT2D eigenvalue weighted by Crippen LogP contribution is 2.31. The molecule has 0 saturated heterocycles. The second-order valence-corrected chi connectivity index (χ2v) is 8.66. The van der Waals surface area contributed by atoms with Crippen molar-refractivity contribution in [1.29, 1.82) is 0 Å². The van der Waals surface area contributed by atoms with Crippen LogP contribution in [-0.2, 0) is 20.9 Å². The molecule has 1 aliphatic rings. The van der Waals surface area contributed by atoms with Crippen molar-refractivity contribution in [2.24, 2.45) is 0 Å². The van der Waals surface area contributed by atoms with Crippen LogP contribution in [0.5, 0.6) is 17.2 Å². The molecule has 9 nitrogen and oxygen atoms in total. The number of esters is 1. The summed E-state index contributed by atoms with van der Waals surface area (Å²) in [6, 6.07) is 21.0. The summed E-state index contributed by atoms with van der Waals surface area (Å²) in [4.78, 5) is 40.2. The van der Waals surface area contributed by atoms with Crippen LogP contribution in [0, 0.1) is 0 Å². The standard InChI is InChI=1S/C28H27ClN2O7/c1-2-35-27(33)18-30(28(34)38-24-9-5-3-7-22(24)29)17-20-11-13-21(14-12-20)36-16-15-31-23-8-4-6-10-25(23)37-19-26(31)32/h3-14H,2,15-19H2,1H3. The molecule has 10 heteroatoms. The molecule has 0 aromatic heterocycles. The molecule has 0 aliphatic carbocycles. The van der Waals surface area contributed by atoms with E-state index in [-0.39, 0.29) is 49.6 Å². The summed E-state index contributed by atoms with van der Waals surface area (Å²) in [6.07, 6.45) is -0.734. The second-order valence-electron chi connectivity index (χ2n) is 8.25. The van der Waals surface area contributed by atoms with Crippen LogP contribution in [0.25, 0.3) is 0 Å². The molecule has 0 fully saturated rings. The summed E-state index contributed by atoms with van der Waals surface area (Å²) in [6.45, 7) is 2.33. The minimum Gasteiger partial charge on any atom is -0.492 e. The van der Waals surface area contributed by atoms with E-state index in [1.165, 1.54) is 4.90 Å². The number of rotatable bonds is 10. The number of anilines is 1. The van der Waals surface area contributed by atoms with Gasteiger partial charge in [-0.05, 0) is 48.9 Å². The number of fused-ring (bicyclic) bond motifs is 1. The number of benzene rings is 3. The number of nitrogens with zero attached hydrogens (tertiary/aromatic N) is 2. The van der Waals surface area contributed by atoms with Gasteiger partial charge in [-0.2, -0.15) is 0 Å². The van der Waals surface area contributed by atoms with Crippen LogP contribution >= 0.6 is 11.6 Å². The Labute approximate surface area is 225 Å². The summed E-state index contributed by atoms with van der Waals surface area (Å²) in [5, 5.41) is 0.278. The molecule has 3 aromatic rings. The summed E-state index contributed by atoms with van der Waals surface area (Å²) in [7, 11) is 0. The first-order valence-electron chi connectivity index (χ1n) is 12.1. The molecule has 0 atom stereocenters. The van der Waals surface area contributed by atoms with Gasteiger partial charge in [0.1, 0.15) is 24.7 Å². The lowest BCUT2D eigenvalue weighted by molar-refractivity contribution is -0.144. The molecule has 0 N–H and O–H groups in total. The highest BCUT2D eigenvalue weighted by molar-refractivity contribution is 6.32. The molecule has 0 unspecified atom stereocenters. The third-order valence-electron chi connectivity index (χ3n) is 5.61. The first-order chi connectivity index (χ1) is 18.4. The van der Waals surface area contributed by atoms with Gasteiger partial charge in [-0.15, -0.1) is 0 Å². The fraction of sp³-hybridized carbons (Fsp3) is 0.250. The SMILES string of the molecule is CCOC(=O)CN(Cc1ccc(OCCN2C(=O)COc3ccccc32)cc1)C(=O)Oc1ccccc1Cl. The van der Waals surface area contributed by atoms with E-state index in [0.717, 1.165) is 5.56 Å².